The molecule has 0 radical (unpaired) electrons. The maximum Gasteiger partial charge on any atom is 0.295 e. The molecule has 4 nitrogen and oxygen atoms in total. The van der Waals surface area contributed by atoms with Gasteiger partial charge in [0.25, 0.3) is 11.7 Å². The number of aliphatic hydroxyl groups excluding tert-OH is 1. The number of hydrogen-bond donors (Lipinski definition) is 1. The quantitative estimate of drug-likeness (QED) is 0.402. The molecule has 1 N–H and O–H groups in total. The first-order chi connectivity index (χ1) is 12.0. The van der Waals surface area contributed by atoms with Crippen LogP contribution in [0.2, 0.25) is 0 Å². The van der Waals surface area contributed by atoms with Gasteiger partial charge in [0.05, 0.1) is 11.6 Å². The van der Waals surface area contributed by atoms with Crippen molar-refractivity contribution in [3.8, 4) is 0 Å². The Morgan fingerprint density at radius 2 is 1.76 bits per heavy atom. The number of amides is 1. The Bertz CT molecular complexity index is 856. The van der Waals surface area contributed by atoms with Crippen molar-refractivity contribution in [3.05, 3.63) is 89.8 Å². The second kappa shape index (κ2) is 6.73. The third-order valence-electron chi connectivity index (χ3n) is 4.10. The molecule has 1 aliphatic heterocycles. The van der Waals surface area contributed by atoms with Crippen molar-refractivity contribution < 1.29 is 19.1 Å². The highest BCUT2D eigenvalue weighted by molar-refractivity contribution is 6.46. The SMILES string of the molecule is C=CCN1C(=O)C(=O)/C(=C(/O)c2ccccc2)[C@H]1c1ccc(F)cc1. The van der Waals surface area contributed by atoms with Crippen LogP contribution in [0.15, 0.2) is 72.8 Å². The predicted octanol–water partition coefficient (Wildman–Crippen LogP) is 3.43. The Kier molecular flexibility index (Phi) is 4.48. The van der Waals surface area contributed by atoms with Crippen LogP contribution in [0.4, 0.5) is 4.39 Å². The highest BCUT2D eigenvalue weighted by Gasteiger charge is 2.45. The van der Waals surface area contributed by atoms with E-state index in [9.17, 15) is 19.1 Å². The molecule has 3 rings (SSSR count). The zero-order valence-electron chi connectivity index (χ0n) is 13.4. The largest absolute Gasteiger partial charge is 0.507 e. The van der Waals surface area contributed by atoms with Gasteiger partial charge in [0, 0.05) is 12.1 Å². The van der Waals surface area contributed by atoms with Crippen molar-refractivity contribution in [3.63, 3.8) is 0 Å². The van der Waals surface area contributed by atoms with Gasteiger partial charge in [0.2, 0.25) is 0 Å². The molecule has 126 valence electrons. The molecule has 1 aliphatic rings. The van der Waals surface area contributed by atoms with Crippen LogP contribution in [0, 0.1) is 5.82 Å². The summed E-state index contributed by atoms with van der Waals surface area (Å²) in [7, 11) is 0. The number of likely N-dealkylation sites (tertiary alicyclic amines) is 1. The molecule has 0 aromatic heterocycles. The standard InChI is InChI=1S/C20H16FNO3/c1-2-12-22-17(13-8-10-15(21)11-9-13)16(19(24)20(22)25)18(23)14-6-4-3-5-7-14/h2-11,17,23H,1,12H2/b18-16+/t17-/m1/s1. The average molecular weight is 337 g/mol. The summed E-state index contributed by atoms with van der Waals surface area (Å²) >= 11 is 0. The van der Waals surface area contributed by atoms with Gasteiger partial charge in [-0.1, -0.05) is 48.5 Å². The van der Waals surface area contributed by atoms with Crippen LogP contribution in [0.3, 0.4) is 0 Å². The lowest BCUT2D eigenvalue weighted by atomic mass is 9.95. The number of hydrogen-bond acceptors (Lipinski definition) is 3. The number of rotatable bonds is 4. The Balaban J connectivity index is 2.19. The van der Waals surface area contributed by atoms with E-state index in [1.165, 1.54) is 35.2 Å². The number of aliphatic hydroxyl groups is 1. The summed E-state index contributed by atoms with van der Waals surface area (Å²) in [5.41, 5.74) is 0.968. The molecular formula is C20H16FNO3. The van der Waals surface area contributed by atoms with Crippen molar-refractivity contribution >= 4 is 17.4 Å². The van der Waals surface area contributed by atoms with Crippen LogP contribution in [0.5, 0.6) is 0 Å². The monoisotopic (exact) mass is 337 g/mol. The average Bonchev–Trinajstić information content (AvgIpc) is 2.88. The van der Waals surface area contributed by atoms with Gasteiger partial charge < -0.3 is 10.0 Å². The molecule has 1 saturated heterocycles. The third kappa shape index (κ3) is 2.96. The molecule has 0 saturated carbocycles. The highest BCUT2D eigenvalue weighted by atomic mass is 19.1. The summed E-state index contributed by atoms with van der Waals surface area (Å²) in [6.07, 6.45) is 1.50. The Morgan fingerprint density at radius 3 is 2.36 bits per heavy atom. The highest BCUT2D eigenvalue weighted by Crippen LogP contribution is 2.39. The van der Waals surface area contributed by atoms with E-state index in [4.69, 9.17) is 0 Å². The van der Waals surface area contributed by atoms with Crippen molar-refractivity contribution in [1.82, 2.24) is 4.90 Å². The lowest BCUT2D eigenvalue weighted by molar-refractivity contribution is -0.139. The minimum absolute atomic E-state index is 0.00958. The molecule has 0 spiro atoms. The van der Waals surface area contributed by atoms with Gasteiger partial charge >= 0.3 is 0 Å². The van der Waals surface area contributed by atoms with Gasteiger partial charge in [0.1, 0.15) is 11.6 Å². The number of halogens is 1. The number of carbonyl (C=O) groups excluding carboxylic acids is 2. The zero-order chi connectivity index (χ0) is 18.0. The smallest absolute Gasteiger partial charge is 0.295 e. The summed E-state index contributed by atoms with van der Waals surface area (Å²) < 4.78 is 13.3. The molecule has 2 aromatic carbocycles. The van der Waals surface area contributed by atoms with E-state index < -0.39 is 23.5 Å². The van der Waals surface area contributed by atoms with E-state index in [2.05, 4.69) is 6.58 Å². The molecule has 0 aliphatic carbocycles. The number of ketones is 1. The van der Waals surface area contributed by atoms with Gasteiger partial charge in [-0.25, -0.2) is 4.39 Å². The minimum atomic E-state index is -0.793. The molecule has 25 heavy (non-hydrogen) atoms. The maximum absolute atomic E-state index is 13.3. The minimum Gasteiger partial charge on any atom is -0.507 e. The maximum atomic E-state index is 13.3. The molecule has 0 bridgehead atoms. The molecular weight excluding hydrogens is 321 g/mol. The predicted molar refractivity (Wildman–Crippen MR) is 92.0 cm³/mol. The lowest BCUT2D eigenvalue weighted by Gasteiger charge is -2.24. The Labute approximate surface area is 144 Å². The van der Waals surface area contributed by atoms with Crippen LogP contribution in [0.25, 0.3) is 5.76 Å². The van der Waals surface area contributed by atoms with E-state index in [-0.39, 0.29) is 17.9 Å². The molecule has 0 unspecified atom stereocenters. The fourth-order valence-electron chi connectivity index (χ4n) is 2.95. The molecule has 1 amide bonds. The van der Waals surface area contributed by atoms with Crippen molar-refractivity contribution in [1.29, 1.82) is 0 Å². The third-order valence-corrected chi connectivity index (χ3v) is 4.10. The van der Waals surface area contributed by atoms with Crippen LogP contribution in [0.1, 0.15) is 17.2 Å². The second-order valence-electron chi connectivity index (χ2n) is 5.66. The summed E-state index contributed by atoms with van der Waals surface area (Å²) in [5, 5.41) is 10.7. The second-order valence-corrected chi connectivity index (χ2v) is 5.66. The number of Topliss-reactive ketones (excluding diaryl/α,β-unsaturated/α-hetero) is 1. The van der Waals surface area contributed by atoms with E-state index in [0.29, 0.717) is 11.1 Å². The summed E-state index contributed by atoms with van der Waals surface area (Å²) in [6, 6.07) is 13.3. The Hall–Kier alpha value is -3.21. The fourth-order valence-corrected chi connectivity index (χ4v) is 2.95. The van der Waals surface area contributed by atoms with E-state index in [0.717, 1.165) is 0 Å². The van der Waals surface area contributed by atoms with Crippen molar-refractivity contribution in [2.24, 2.45) is 0 Å². The summed E-state index contributed by atoms with van der Waals surface area (Å²) in [6.45, 7) is 3.75. The van der Waals surface area contributed by atoms with Gasteiger partial charge in [0.15, 0.2) is 0 Å². The number of carbonyl (C=O) groups is 2. The van der Waals surface area contributed by atoms with Gasteiger partial charge in [-0.15, -0.1) is 6.58 Å². The Morgan fingerprint density at radius 1 is 1.12 bits per heavy atom. The molecule has 2 aromatic rings. The molecule has 1 heterocycles. The van der Waals surface area contributed by atoms with Crippen molar-refractivity contribution in [2.75, 3.05) is 6.54 Å². The zero-order valence-corrected chi connectivity index (χ0v) is 13.4. The van der Waals surface area contributed by atoms with E-state index in [1.807, 2.05) is 0 Å². The first-order valence-electron chi connectivity index (χ1n) is 7.74. The topological polar surface area (TPSA) is 57.6 Å². The molecule has 1 atom stereocenters. The fraction of sp³-hybridized carbons (Fsp3) is 0.100. The number of benzene rings is 2. The summed E-state index contributed by atoms with van der Waals surface area (Å²) in [4.78, 5) is 26.3. The normalized spacial score (nSPS) is 19.2. The van der Waals surface area contributed by atoms with Crippen molar-refractivity contribution in [2.45, 2.75) is 6.04 Å². The lowest BCUT2D eigenvalue weighted by Crippen LogP contribution is -2.29. The first-order valence-corrected chi connectivity index (χ1v) is 7.74. The van der Waals surface area contributed by atoms with Crippen LogP contribution < -0.4 is 0 Å². The first kappa shape index (κ1) is 16.6. The number of nitrogens with zero attached hydrogens (tertiary/aromatic N) is 1. The molecule has 5 heteroatoms. The molecule has 1 fully saturated rings. The van der Waals surface area contributed by atoms with Crippen LogP contribution in [-0.4, -0.2) is 28.2 Å². The van der Waals surface area contributed by atoms with E-state index in [1.54, 1.807) is 30.3 Å². The van der Waals surface area contributed by atoms with Gasteiger partial charge in [-0.05, 0) is 17.7 Å². The van der Waals surface area contributed by atoms with Gasteiger partial charge in [-0.3, -0.25) is 9.59 Å². The summed E-state index contributed by atoms with van der Waals surface area (Å²) in [5.74, 6) is -2.16. The van der Waals surface area contributed by atoms with Crippen LogP contribution >= 0.6 is 0 Å². The van der Waals surface area contributed by atoms with Gasteiger partial charge in [-0.2, -0.15) is 0 Å². The van der Waals surface area contributed by atoms with E-state index >= 15 is 0 Å². The van der Waals surface area contributed by atoms with Crippen LogP contribution in [-0.2, 0) is 9.59 Å².